The Labute approximate surface area is 134 Å². The topological polar surface area (TPSA) is 20.2 Å². The van der Waals surface area contributed by atoms with Gasteiger partial charge in [0.15, 0.2) is 0 Å². The third kappa shape index (κ3) is 14.4. The molecule has 0 unspecified atom stereocenters. The van der Waals surface area contributed by atoms with Gasteiger partial charge in [-0.15, -0.1) is 6.58 Å². The number of hydrogen-bond acceptors (Lipinski definition) is 1. The molecule has 0 radical (unpaired) electrons. The minimum Gasteiger partial charge on any atom is -0.393 e. The van der Waals surface area contributed by atoms with Gasteiger partial charge in [0, 0.05) is 0 Å². The maximum atomic E-state index is 10.2. The zero-order chi connectivity index (χ0) is 15.9. The van der Waals surface area contributed by atoms with E-state index in [-0.39, 0.29) is 6.10 Å². The molecule has 0 spiro atoms. The van der Waals surface area contributed by atoms with Crippen molar-refractivity contribution in [1.29, 1.82) is 0 Å². The van der Waals surface area contributed by atoms with Gasteiger partial charge in [0.1, 0.15) is 0 Å². The highest BCUT2D eigenvalue weighted by Gasteiger charge is 2.13. The van der Waals surface area contributed by atoms with E-state index in [4.69, 9.17) is 0 Å². The molecule has 1 heteroatoms. The molecule has 126 valence electrons. The molecule has 0 aromatic carbocycles. The standard InChI is InChI=1S/C20H40O/c1-5-7-9-10-11-12-13-15-19(4)17-20(21)16-18(3)14-8-6-2/h5,18-21H,1,6-17H2,2-4H3/t18-,19+,20+/m1/s1. The first-order valence-electron chi connectivity index (χ1n) is 9.39. The zero-order valence-corrected chi connectivity index (χ0v) is 14.9. The first-order valence-corrected chi connectivity index (χ1v) is 9.39. The second-order valence-corrected chi connectivity index (χ2v) is 7.11. The van der Waals surface area contributed by atoms with Gasteiger partial charge in [-0.3, -0.25) is 0 Å². The van der Waals surface area contributed by atoms with Crippen LogP contribution in [-0.2, 0) is 0 Å². The predicted molar refractivity (Wildman–Crippen MR) is 95.6 cm³/mol. The van der Waals surface area contributed by atoms with Crippen molar-refractivity contribution in [2.45, 2.75) is 104 Å². The van der Waals surface area contributed by atoms with Crippen molar-refractivity contribution in [2.75, 3.05) is 0 Å². The Morgan fingerprint density at radius 2 is 1.38 bits per heavy atom. The lowest BCUT2D eigenvalue weighted by atomic mass is 9.90. The molecule has 0 rings (SSSR count). The second kappa shape index (κ2) is 14.6. The quantitative estimate of drug-likeness (QED) is 0.270. The van der Waals surface area contributed by atoms with Crippen LogP contribution in [0.5, 0.6) is 0 Å². The molecular weight excluding hydrogens is 256 g/mol. The highest BCUT2D eigenvalue weighted by Crippen LogP contribution is 2.21. The Morgan fingerprint density at radius 1 is 0.857 bits per heavy atom. The van der Waals surface area contributed by atoms with Crippen molar-refractivity contribution in [3.63, 3.8) is 0 Å². The number of aliphatic hydroxyl groups is 1. The van der Waals surface area contributed by atoms with E-state index in [1.807, 2.05) is 6.08 Å². The second-order valence-electron chi connectivity index (χ2n) is 7.11. The fraction of sp³-hybridized carbons (Fsp3) is 0.900. The van der Waals surface area contributed by atoms with E-state index >= 15 is 0 Å². The van der Waals surface area contributed by atoms with Gasteiger partial charge in [-0.25, -0.2) is 0 Å². The molecule has 0 aromatic heterocycles. The molecule has 0 saturated heterocycles. The Kier molecular flexibility index (Phi) is 14.4. The van der Waals surface area contributed by atoms with Crippen LogP contribution < -0.4 is 0 Å². The van der Waals surface area contributed by atoms with Crippen LogP contribution in [0.2, 0.25) is 0 Å². The predicted octanol–water partition coefficient (Wildman–Crippen LogP) is 6.51. The number of rotatable bonds is 15. The van der Waals surface area contributed by atoms with Gasteiger partial charge in [-0.1, -0.05) is 78.2 Å². The highest BCUT2D eigenvalue weighted by molar-refractivity contribution is 4.67. The summed E-state index contributed by atoms with van der Waals surface area (Å²) in [5, 5.41) is 10.2. The van der Waals surface area contributed by atoms with Crippen LogP contribution in [0.15, 0.2) is 12.7 Å². The molecule has 0 aliphatic rings. The van der Waals surface area contributed by atoms with E-state index in [1.54, 1.807) is 0 Å². The summed E-state index contributed by atoms with van der Waals surface area (Å²) in [6.45, 7) is 10.6. The molecule has 21 heavy (non-hydrogen) atoms. The van der Waals surface area contributed by atoms with E-state index in [1.165, 1.54) is 64.2 Å². The molecule has 0 aliphatic carbocycles. The van der Waals surface area contributed by atoms with Crippen LogP contribution >= 0.6 is 0 Å². The fourth-order valence-electron chi connectivity index (χ4n) is 3.13. The minimum atomic E-state index is -0.0838. The normalized spacial score (nSPS) is 15.6. The van der Waals surface area contributed by atoms with Crippen molar-refractivity contribution in [3.8, 4) is 0 Å². The van der Waals surface area contributed by atoms with Crippen molar-refractivity contribution in [2.24, 2.45) is 11.8 Å². The van der Waals surface area contributed by atoms with Gasteiger partial charge in [0.25, 0.3) is 0 Å². The van der Waals surface area contributed by atoms with Crippen LogP contribution in [0.1, 0.15) is 97.8 Å². The maximum absolute atomic E-state index is 10.2. The molecule has 0 saturated carbocycles. The van der Waals surface area contributed by atoms with Crippen molar-refractivity contribution >= 4 is 0 Å². The summed E-state index contributed by atoms with van der Waals surface area (Å²) in [4.78, 5) is 0. The fourth-order valence-corrected chi connectivity index (χ4v) is 3.13. The summed E-state index contributed by atoms with van der Waals surface area (Å²) in [5.41, 5.74) is 0. The van der Waals surface area contributed by atoms with E-state index in [2.05, 4.69) is 27.4 Å². The summed E-state index contributed by atoms with van der Waals surface area (Å²) in [7, 11) is 0. The molecule has 1 N–H and O–H groups in total. The first kappa shape index (κ1) is 20.7. The lowest BCUT2D eigenvalue weighted by Crippen LogP contribution is -2.15. The van der Waals surface area contributed by atoms with E-state index < -0.39 is 0 Å². The molecule has 0 aromatic rings. The molecule has 0 bridgehead atoms. The molecule has 1 nitrogen and oxygen atoms in total. The first-order chi connectivity index (χ1) is 10.1. The third-order valence-corrected chi connectivity index (χ3v) is 4.50. The molecular formula is C20H40O. The van der Waals surface area contributed by atoms with Gasteiger partial charge in [-0.05, 0) is 37.5 Å². The summed E-state index contributed by atoms with van der Waals surface area (Å²) in [6, 6.07) is 0. The molecule has 0 heterocycles. The highest BCUT2D eigenvalue weighted by atomic mass is 16.3. The maximum Gasteiger partial charge on any atom is 0.0545 e. The lowest BCUT2D eigenvalue weighted by Gasteiger charge is -2.19. The Morgan fingerprint density at radius 3 is 1.95 bits per heavy atom. The Balaban J connectivity index is 3.50. The van der Waals surface area contributed by atoms with E-state index in [9.17, 15) is 5.11 Å². The van der Waals surface area contributed by atoms with Crippen LogP contribution in [0.4, 0.5) is 0 Å². The van der Waals surface area contributed by atoms with Crippen molar-refractivity contribution in [3.05, 3.63) is 12.7 Å². The minimum absolute atomic E-state index is 0.0838. The number of hydrogen-bond donors (Lipinski definition) is 1. The number of aliphatic hydroxyl groups excluding tert-OH is 1. The van der Waals surface area contributed by atoms with Gasteiger partial charge >= 0.3 is 0 Å². The van der Waals surface area contributed by atoms with Gasteiger partial charge in [-0.2, -0.15) is 0 Å². The van der Waals surface area contributed by atoms with Gasteiger partial charge in [0.05, 0.1) is 6.10 Å². The number of unbranched alkanes of at least 4 members (excludes halogenated alkanes) is 6. The molecule has 3 atom stereocenters. The average Bonchev–Trinajstić information content (AvgIpc) is 2.43. The van der Waals surface area contributed by atoms with Gasteiger partial charge < -0.3 is 5.11 Å². The molecule has 0 aliphatic heterocycles. The summed E-state index contributed by atoms with van der Waals surface area (Å²) in [6.07, 6.45) is 16.9. The van der Waals surface area contributed by atoms with Crippen LogP contribution in [0.3, 0.4) is 0 Å². The summed E-state index contributed by atoms with van der Waals surface area (Å²) in [5.74, 6) is 1.35. The lowest BCUT2D eigenvalue weighted by molar-refractivity contribution is 0.115. The van der Waals surface area contributed by atoms with Crippen LogP contribution in [0.25, 0.3) is 0 Å². The van der Waals surface area contributed by atoms with E-state index in [0.29, 0.717) is 11.8 Å². The monoisotopic (exact) mass is 296 g/mol. The molecule has 0 amide bonds. The summed E-state index contributed by atoms with van der Waals surface area (Å²) < 4.78 is 0. The van der Waals surface area contributed by atoms with Crippen molar-refractivity contribution in [1.82, 2.24) is 0 Å². The SMILES string of the molecule is C=CCCCCCCC[C@H](C)C[C@@H](O)C[C@H](C)CCCC. The van der Waals surface area contributed by atoms with Crippen molar-refractivity contribution < 1.29 is 5.11 Å². The third-order valence-electron chi connectivity index (χ3n) is 4.50. The van der Waals surface area contributed by atoms with Crippen LogP contribution in [-0.4, -0.2) is 11.2 Å². The Hall–Kier alpha value is -0.300. The van der Waals surface area contributed by atoms with E-state index in [0.717, 1.165) is 12.8 Å². The average molecular weight is 297 g/mol. The smallest absolute Gasteiger partial charge is 0.0545 e. The molecule has 0 fully saturated rings. The zero-order valence-electron chi connectivity index (χ0n) is 14.9. The Bertz CT molecular complexity index is 224. The van der Waals surface area contributed by atoms with Gasteiger partial charge in [0.2, 0.25) is 0 Å². The largest absolute Gasteiger partial charge is 0.393 e. The number of allylic oxidation sites excluding steroid dienone is 1. The summed E-state index contributed by atoms with van der Waals surface area (Å²) >= 11 is 0. The van der Waals surface area contributed by atoms with Crippen LogP contribution in [0, 0.1) is 11.8 Å².